The third-order valence-electron chi connectivity index (χ3n) is 2.73. The Kier molecular flexibility index (Phi) is 3.79. The maximum absolute atomic E-state index is 9.13. The molecule has 0 radical (unpaired) electrons. The van der Waals surface area contributed by atoms with Crippen molar-refractivity contribution in [3.63, 3.8) is 0 Å². The predicted molar refractivity (Wildman–Crippen MR) is 61.1 cm³/mol. The maximum Gasteiger partial charge on any atom is 0.196 e. The van der Waals surface area contributed by atoms with Gasteiger partial charge in [0, 0.05) is 0 Å². The normalized spacial score (nSPS) is 25.7. The topological polar surface area (TPSA) is 33.0 Å². The lowest BCUT2D eigenvalue weighted by Crippen LogP contribution is -2.21. The van der Waals surface area contributed by atoms with Crippen molar-refractivity contribution < 1.29 is 4.74 Å². The molecule has 2 nitrogen and oxygen atoms in total. The van der Waals surface area contributed by atoms with Crippen molar-refractivity contribution in [2.24, 2.45) is 5.92 Å². The van der Waals surface area contributed by atoms with E-state index in [1.54, 1.807) is 0 Å². The standard InChI is InChI=1S/C13H21NO/c1-10-7-5-6-8-11(10)12(9-14)15-13(2,3)4/h10H,5-8H2,1-4H3. The minimum absolute atomic E-state index is 0.269. The van der Waals surface area contributed by atoms with Crippen LogP contribution >= 0.6 is 0 Å². The van der Waals surface area contributed by atoms with E-state index in [1.807, 2.05) is 20.8 Å². The minimum Gasteiger partial charge on any atom is -0.478 e. The Morgan fingerprint density at radius 3 is 2.53 bits per heavy atom. The monoisotopic (exact) mass is 207 g/mol. The van der Waals surface area contributed by atoms with Crippen molar-refractivity contribution >= 4 is 0 Å². The molecule has 0 aromatic rings. The second-order valence-electron chi connectivity index (χ2n) is 5.33. The number of allylic oxidation sites excluding steroid dienone is 2. The first-order chi connectivity index (χ1) is 6.94. The summed E-state index contributed by atoms with van der Waals surface area (Å²) in [6.07, 6.45) is 4.69. The first-order valence-corrected chi connectivity index (χ1v) is 5.76. The van der Waals surface area contributed by atoms with Gasteiger partial charge in [-0.3, -0.25) is 0 Å². The van der Waals surface area contributed by atoms with Crippen molar-refractivity contribution in [1.29, 1.82) is 5.26 Å². The molecule has 0 aromatic heterocycles. The summed E-state index contributed by atoms with van der Waals surface area (Å²) in [7, 11) is 0. The van der Waals surface area contributed by atoms with E-state index in [-0.39, 0.29) is 5.60 Å². The number of nitrogens with zero attached hydrogens (tertiary/aromatic N) is 1. The molecule has 0 heterocycles. The van der Waals surface area contributed by atoms with Crippen LogP contribution in [0.3, 0.4) is 0 Å². The van der Waals surface area contributed by atoms with Crippen LogP contribution in [0.25, 0.3) is 0 Å². The minimum atomic E-state index is -0.269. The van der Waals surface area contributed by atoms with Crippen LogP contribution in [-0.2, 0) is 4.74 Å². The van der Waals surface area contributed by atoms with Crippen molar-refractivity contribution in [3.05, 3.63) is 11.3 Å². The van der Waals surface area contributed by atoms with Crippen molar-refractivity contribution in [1.82, 2.24) is 0 Å². The smallest absolute Gasteiger partial charge is 0.196 e. The molecule has 1 rings (SSSR count). The fourth-order valence-electron chi connectivity index (χ4n) is 1.99. The highest BCUT2D eigenvalue weighted by atomic mass is 16.5. The molecule has 0 aromatic carbocycles. The lowest BCUT2D eigenvalue weighted by atomic mass is 9.85. The Morgan fingerprint density at radius 2 is 2.07 bits per heavy atom. The molecule has 0 spiro atoms. The molecule has 0 aliphatic heterocycles. The highest BCUT2D eigenvalue weighted by Gasteiger charge is 2.22. The summed E-state index contributed by atoms with van der Waals surface area (Å²) in [4.78, 5) is 0. The first-order valence-electron chi connectivity index (χ1n) is 5.76. The molecule has 1 aliphatic rings. The quantitative estimate of drug-likeness (QED) is 0.484. The van der Waals surface area contributed by atoms with Crippen LogP contribution in [0.1, 0.15) is 53.4 Å². The SMILES string of the molecule is CC1CCCCC1=C(C#N)OC(C)(C)C. The highest BCUT2D eigenvalue weighted by molar-refractivity contribution is 5.25. The van der Waals surface area contributed by atoms with E-state index < -0.39 is 0 Å². The summed E-state index contributed by atoms with van der Waals surface area (Å²) in [6.45, 7) is 8.15. The summed E-state index contributed by atoms with van der Waals surface area (Å²) in [6, 6.07) is 2.22. The second-order valence-corrected chi connectivity index (χ2v) is 5.33. The largest absolute Gasteiger partial charge is 0.478 e. The van der Waals surface area contributed by atoms with Crippen LogP contribution in [0.4, 0.5) is 0 Å². The van der Waals surface area contributed by atoms with Crippen molar-refractivity contribution in [2.45, 2.75) is 59.0 Å². The summed E-state index contributed by atoms with van der Waals surface area (Å²) in [5, 5.41) is 9.13. The molecule has 0 saturated heterocycles. The summed E-state index contributed by atoms with van der Waals surface area (Å²) < 4.78 is 5.72. The van der Waals surface area contributed by atoms with Crippen LogP contribution in [0.15, 0.2) is 11.3 Å². The van der Waals surface area contributed by atoms with Crippen LogP contribution in [0.2, 0.25) is 0 Å². The van der Waals surface area contributed by atoms with Gasteiger partial charge in [0.25, 0.3) is 0 Å². The van der Waals surface area contributed by atoms with E-state index in [4.69, 9.17) is 10.00 Å². The molecule has 0 bridgehead atoms. The summed E-state index contributed by atoms with van der Waals surface area (Å²) in [5.74, 6) is 1.07. The Balaban J connectivity index is 2.87. The number of rotatable bonds is 1. The summed E-state index contributed by atoms with van der Waals surface area (Å²) >= 11 is 0. The molecular formula is C13H21NO. The molecule has 2 heteroatoms. The molecular weight excluding hydrogens is 186 g/mol. The van der Waals surface area contributed by atoms with Crippen LogP contribution in [0.5, 0.6) is 0 Å². The molecule has 84 valence electrons. The van der Waals surface area contributed by atoms with Crippen molar-refractivity contribution in [3.8, 4) is 6.07 Å². The second kappa shape index (κ2) is 4.70. The zero-order valence-electron chi connectivity index (χ0n) is 10.3. The van der Waals surface area contributed by atoms with E-state index in [1.165, 1.54) is 24.8 Å². The molecule has 1 saturated carbocycles. The van der Waals surface area contributed by atoms with Gasteiger partial charge in [-0.05, 0) is 51.5 Å². The zero-order chi connectivity index (χ0) is 11.5. The fraction of sp³-hybridized carbons (Fsp3) is 0.769. The Morgan fingerprint density at radius 1 is 1.40 bits per heavy atom. The molecule has 1 unspecified atom stereocenters. The molecule has 0 N–H and O–H groups in total. The van der Waals surface area contributed by atoms with Gasteiger partial charge in [-0.15, -0.1) is 0 Å². The lowest BCUT2D eigenvalue weighted by Gasteiger charge is -2.27. The fourth-order valence-corrected chi connectivity index (χ4v) is 1.99. The number of hydrogen-bond donors (Lipinski definition) is 0. The van der Waals surface area contributed by atoms with Gasteiger partial charge in [0.05, 0.1) is 0 Å². The van der Waals surface area contributed by atoms with E-state index in [9.17, 15) is 0 Å². The molecule has 1 aliphatic carbocycles. The number of ether oxygens (including phenoxy) is 1. The van der Waals surface area contributed by atoms with E-state index >= 15 is 0 Å². The Hall–Kier alpha value is -0.970. The average molecular weight is 207 g/mol. The molecule has 1 fully saturated rings. The van der Waals surface area contributed by atoms with E-state index in [2.05, 4.69) is 13.0 Å². The van der Waals surface area contributed by atoms with Crippen LogP contribution < -0.4 is 0 Å². The molecule has 1 atom stereocenters. The van der Waals surface area contributed by atoms with Crippen molar-refractivity contribution in [2.75, 3.05) is 0 Å². The zero-order valence-corrected chi connectivity index (χ0v) is 10.3. The highest BCUT2D eigenvalue weighted by Crippen LogP contribution is 2.32. The third kappa shape index (κ3) is 3.58. The Labute approximate surface area is 92.9 Å². The van der Waals surface area contributed by atoms with Gasteiger partial charge in [-0.25, -0.2) is 0 Å². The Bertz CT molecular complexity index is 291. The van der Waals surface area contributed by atoms with Gasteiger partial charge in [-0.2, -0.15) is 5.26 Å². The third-order valence-corrected chi connectivity index (χ3v) is 2.73. The van der Waals surface area contributed by atoms with Crippen LogP contribution in [-0.4, -0.2) is 5.60 Å². The maximum atomic E-state index is 9.13. The van der Waals surface area contributed by atoms with E-state index in [0.29, 0.717) is 11.7 Å². The van der Waals surface area contributed by atoms with Gasteiger partial charge >= 0.3 is 0 Å². The lowest BCUT2D eigenvalue weighted by molar-refractivity contribution is 0.0574. The van der Waals surface area contributed by atoms with Gasteiger partial charge in [-0.1, -0.05) is 13.3 Å². The van der Waals surface area contributed by atoms with Gasteiger partial charge in [0.1, 0.15) is 11.7 Å². The molecule has 15 heavy (non-hydrogen) atoms. The number of nitriles is 1. The number of hydrogen-bond acceptors (Lipinski definition) is 2. The predicted octanol–water partition coefficient (Wildman–Crippen LogP) is 3.79. The van der Waals surface area contributed by atoms with Crippen LogP contribution in [0, 0.1) is 17.2 Å². The van der Waals surface area contributed by atoms with Gasteiger partial charge < -0.3 is 4.74 Å². The van der Waals surface area contributed by atoms with Gasteiger partial charge in [0.15, 0.2) is 5.76 Å². The average Bonchev–Trinajstić information content (AvgIpc) is 2.14. The first kappa shape index (κ1) is 12.1. The van der Waals surface area contributed by atoms with E-state index in [0.717, 1.165) is 6.42 Å². The summed E-state index contributed by atoms with van der Waals surface area (Å²) in [5.41, 5.74) is 0.952. The van der Waals surface area contributed by atoms with Gasteiger partial charge in [0.2, 0.25) is 0 Å². The molecule has 0 amide bonds.